The summed E-state index contributed by atoms with van der Waals surface area (Å²) in [6, 6.07) is 11.5. The van der Waals surface area contributed by atoms with Crippen LogP contribution < -0.4 is 4.74 Å². The Balaban J connectivity index is 1.56. The van der Waals surface area contributed by atoms with Gasteiger partial charge >= 0.3 is 0 Å². The number of morpholine rings is 1. The Morgan fingerprint density at radius 3 is 2.66 bits per heavy atom. The molecule has 3 heterocycles. The second-order valence-electron chi connectivity index (χ2n) is 9.09. The SMILES string of the molecule is COc1ccccc1[C@H]1CC(c2cccs2)=NN1C(=O)CN(CCN1CCOCC1)C(=O)C(C)C. The van der Waals surface area contributed by atoms with E-state index in [1.54, 1.807) is 28.4 Å². The summed E-state index contributed by atoms with van der Waals surface area (Å²) in [4.78, 5) is 31.7. The molecule has 0 radical (unpaired) electrons. The first-order valence-corrected chi connectivity index (χ1v) is 13.0. The lowest BCUT2D eigenvalue weighted by molar-refractivity contribution is -0.143. The summed E-state index contributed by atoms with van der Waals surface area (Å²) >= 11 is 1.61. The van der Waals surface area contributed by atoms with E-state index in [4.69, 9.17) is 14.6 Å². The van der Waals surface area contributed by atoms with Crippen molar-refractivity contribution in [1.29, 1.82) is 0 Å². The van der Waals surface area contributed by atoms with Crippen molar-refractivity contribution in [2.75, 3.05) is 53.0 Å². The van der Waals surface area contributed by atoms with E-state index in [-0.39, 0.29) is 30.3 Å². The van der Waals surface area contributed by atoms with Gasteiger partial charge in [-0.05, 0) is 17.5 Å². The standard InChI is InChI=1S/C26H34N4O4S/c1-19(2)26(32)29(11-10-28-12-14-34-15-13-28)18-25(31)30-22(20-7-4-5-8-23(20)33-3)17-21(27-30)24-9-6-16-35-24/h4-9,16,19,22H,10-15,17-18H2,1-3H3/t22-/m1/s1. The number of carbonyl (C=O) groups is 2. The van der Waals surface area contributed by atoms with Crippen molar-refractivity contribution in [3.05, 3.63) is 52.2 Å². The number of hydrogen-bond acceptors (Lipinski definition) is 7. The van der Waals surface area contributed by atoms with Gasteiger partial charge in [0.15, 0.2) is 0 Å². The molecule has 1 aromatic carbocycles. The van der Waals surface area contributed by atoms with Gasteiger partial charge in [0.2, 0.25) is 5.91 Å². The highest BCUT2D eigenvalue weighted by atomic mass is 32.1. The van der Waals surface area contributed by atoms with E-state index in [1.165, 1.54) is 0 Å². The van der Waals surface area contributed by atoms with Crippen molar-refractivity contribution in [1.82, 2.24) is 14.8 Å². The fraction of sp³-hybridized carbons (Fsp3) is 0.500. The number of thiophene rings is 1. The van der Waals surface area contributed by atoms with Gasteiger partial charge in [-0.2, -0.15) is 5.10 Å². The van der Waals surface area contributed by atoms with E-state index in [0.29, 0.717) is 26.2 Å². The minimum absolute atomic E-state index is 0.00573. The number of ether oxygens (including phenoxy) is 2. The molecule has 0 bridgehead atoms. The molecule has 8 nitrogen and oxygen atoms in total. The van der Waals surface area contributed by atoms with Gasteiger partial charge in [-0.15, -0.1) is 11.3 Å². The Morgan fingerprint density at radius 2 is 1.97 bits per heavy atom. The highest BCUT2D eigenvalue weighted by Gasteiger charge is 2.36. The zero-order valence-electron chi connectivity index (χ0n) is 20.7. The maximum absolute atomic E-state index is 13.7. The molecule has 0 unspecified atom stereocenters. The fourth-order valence-electron chi connectivity index (χ4n) is 4.47. The molecule has 2 aromatic rings. The van der Waals surface area contributed by atoms with Crippen molar-refractivity contribution in [3.63, 3.8) is 0 Å². The number of hydrogen-bond donors (Lipinski definition) is 0. The number of benzene rings is 1. The van der Waals surface area contributed by atoms with E-state index >= 15 is 0 Å². The predicted octanol–water partition coefficient (Wildman–Crippen LogP) is 3.25. The summed E-state index contributed by atoms with van der Waals surface area (Å²) in [5.41, 5.74) is 1.79. The van der Waals surface area contributed by atoms with Gasteiger partial charge in [0.25, 0.3) is 5.91 Å². The van der Waals surface area contributed by atoms with Crippen LogP contribution in [0.4, 0.5) is 0 Å². The quantitative estimate of drug-likeness (QED) is 0.531. The molecule has 1 fully saturated rings. The third kappa shape index (κ3) is 6.09. The van der Waals surface area contributed by atoms with Crippen molar-refractivity contribution < 1.29 is 19.1 Å². The molecule has 2 amide bonds. The van der Waals surface area contributed by atoms with Gasteiger partial charge in [-0.1, -0.05) is 38.1 Å². The molecule has 35 heavy (non-hydrogen) atoms. The zero-order chi connectivity index (χ0) is 24.8. The normalized spacial score (nSPS) is 18.6. The van der Waals surface area contributed by atoms with Crippen LogP contribution in [0.15, 0.2) is 46.9 Å². The third-order valence-electron chi connectivity index (χ3n) is 6.39. The first-order chi connectivity index (χ1) is 17.0. The highest BCUT2D eigenvalue weighted by Crippen LogP contribution is 2.38. The molecule has 9 heteroatoms. The largest absolute Gasteiger partial charge is 0.496 e. The summed E-state index contributed by atoms with van der Waals surface area (Å²) in [5, 5.41) is 8.33. The summed E-state index contributed by atoms with van der Waals surface area (Å²) < 4.78 is 11.0. The molecule has 0 aliphatic carbocycles. The summed E-state index contributed by atoms with van der Waals surface area (Å²) in [6.07, 6.45) is 0.596. The van der Waals surface area contributed by atoms with E-state index in [2.05, 4.69) is 4.90 Å². The molecular formula is C26H34N4O4S. The van der Waals surface area contributed by atoms with Crippen molar-refractivity contribution in [3.8, 4) is 5.75 Å². The van der Waals surface area contributed by atoms with Crippen LogP contribution in [0.3, 0.4) is 0 Å². The van der Waals surface area contributed by atoms with E-state index in [9.17, 15) is 9.59 Å². The van der Waals surface area contributed by atoms with Crippen LogP contribution in [0.1, 0.15) is 36.8 Å². The monoisotopic (exact) mass is 498 g/mol. The lowest BCUT2D eigenvalue weighted by Gasteiger charge is -2.32. The molecular weight excluding hydrogens is 464 g/mol. The van der Waals surface area contributed by atoms with Gasteiger partial charge in [0, 0.05) is 44.1 Å². The number of hydrazone groups is 1. The molecule has 0 spiro atoms. The lowest BCUT2D eigenvalue weighted by Crippen LogP contribution is -2.47. The molecule has 1 atom stereocenters. The average Bonchev–Trinajstić information content (AvgIpc) is 3.57. The number of methoxy groups -OCH3 is 1. The maximum Gasteiger partial charge on any atom is 0.262 e. The number of para-hydroxylation sites is 1. The molecule has 0 saturated carbocycles. The fourth-order valence-corrected chi connectivity index (χ4v) is 5.19. The Bertz CT molecular complexity index is 1030. The second kappa shape index (κ2) is 11.8. The van der Waals surface area contributed by atoms with Crippen LogP contribution in [0, 0.1) is 5.92 Å². The molecule has 2 aliphatic heterocycles. The second-order valence-corrected chi connectivity index (χ2v) is 10.0. The highest BCUT2D eigenvalue weighted by molar-refractivity contribution is 7.12. The summed E-state index contributed by atoms with van der Waals surface area (Å²) in [5.74, 6) is 0.312. The molecule has 1 aromatic heterocycles. The molecule has 188 valence electrons. The Kier molecular flexibility index (Phi) is 8.54. The topological polar surface area (TPSA) is 74.7 Å². The molecule has 1 saturated heterocycles. The Morgan fingerprint density at radius 1 is 1.20 bits per heavy atom. The van der Waals surface area contributed by atoms with Gasteiger partial charge in [0.1, 0.15) is 12.3 Å². The third-order valence-corrected chi connectivity index (χ3v) is 7.31. The van der Waals surface area contributed by atoms with Crippen LogP contribution in [-0.4, -0.2) is 85.4 Å². The van der Waals surface area contributed by atoms with E-state index < -0.39 is 0 Å². The van der Waals surface area contributed by atoms with Crippen molar-refractivity contribution >= 4 is 28.9 Å². The van der Waals surface area contributed by atoms with E-state index in [0.717, 1.165) is 41.5 Å². The van der Waals surface area contributed by atoms with Gasteiger partial charge in [0.05, 0.1) is 37.0 Å². The summed E-state index contributed by atoms with van der Waals surface area (Å²) in [7, 11) is 1.63. The van der Waals surface area contributed by atoms with Crippen LogP contribution in [0.25, 0.3) is 0 Å². The minimum atomic E-state index is -0.286. The summed E-state index contributed by atoms with van der Waals surface area (Å²) in [6.45, 7) is 8.03. The molecule has 2 aliphatic rings. The smallest absolute Gasteiger partial charge is 0.262 e. The number of amides is 2. The first kappa shape index (κ1) is 25.3. The van der Waals surface area contributed by atoms with Crippen LogP contribution in [0.5, 0.6) is 5.75 Å². The number of nitrogens with zero attached hydrogens (tertiary/aromatic N) is 4. The maximum atomic E-state index is 13.7. The number of rotatable bonds is 9. The van der Waals surface area contributed by atoms with Crippen LogP contribution >= 0.6 is 11.3 Å². The van der Waals surface area contributed by atoms with Gasteiger partial charge in [-0.25, -0.2) is 5.01 Å². The number of carbonyl (C=O) groups excluding carboxylic acids is 2. The zero-order valence-corrected chi connectivity index (χ0v) is 21.5. The van der Waals surface area contributed by atoms with Crippen LogP contribution in [0.2, 0.25) is 0 Å². The van der Waals surface area contributed by atoms with Gasteiger partial charge in [-0.3, -0.25) is 14.5 Å². The first-order valence-electron chi connectivity index (χ1n) is 12.1. The Hall–Kier alpha value is -2.75. The van der Waals surface area contributed by atoms with Crippen molar-refractivity contribution in [2.45, 2.75) is 26.3 Å². The van der Waals surface area contributed by atoms with Crippen molar-refractivity contribution in [2.24, 2.45) is 11.0 Å². The van der Waals surface area contributed by atoms with Gasteiger partial charge < -0.3 is 14.4 Å². The lowest BCUT2D eigenvalue weighted by atomic mass is 10.00. The molecule has 0 N–H and O–H groups in total. The minimum Gasteiger partial charge on any atom is -0.496 e. The van der Waals surface area contributed by atoms with Crippen LogP contribution in [-0.2, 0) is 14.3 Å². The Labute approximate surface area is 211 Å². The van der Waals surface area contributed by atoms with E-state index in [1.807, 2.05) is 55.6 Å². The predicted molar refractivity (Wildman–Crippen MR) is 137 cm³/mol. The average molecular weight is 499 g/mol. The molecule has 4 rings (SSSR count).